The Morgan fingerprint density at radius 1 is 1.23 bits per heavy atom. The molecule has 2 aromatic rings. The monoisotopic (exact) mass is 350 g/mol. The van der Waals surface area contributed by atoms with Crippen molar-refractivity contribution in [2.24, 2.45) is 5.92 Å². The van der Waals surface area contributed by atoms with Gasteiger partial charge in [-0.15, -0.1) is 0 Å². The van der Waals surface area contributed by atoms with Gasteiger partial charge in [0.2, 0.25) is 0 Å². The summed E-state index contributed by atoms with van der Waals surface area (Å²) in [4.78, 5) is 14.6. The maximum atomic E-state index is 12.7. The fraction of sp³-hybridized carbons (Fsp3) is 0.333. The first-order chi connectivity index (χ1) is 12.7. The molecule has 5 heteroatoms. The van der Waals surface area contributed by atoms with E-state index in [4.69, 9.17) is 14.7 Å². The average molecular weight is 350 g/mol. The summed E-state index contributed by atoms with van der Waals surface area (Å²) in [7, 11) is 1.63. The van der Waals surface area contributed by atoms with E-state index in [0.29, 0.717) is 24.3 Å². The zero-order valence-corrected chi connectivity index (χ0v) is 14.9. The van der Waals surface area contributed by atoms with Crippen LogP contribution in [0, 0.1) is 17.2 Å². The number of nitriles is 1. The minimum atomic E-state index is -0.0202. The Morgan fingerprint density at radius 2 is 2.04 bits per heavy atom. The van der Waals surface area contributed by atoms with Gasteiger partial charge in [0.1, 0.15) is 11.5 Å². The summed E-state index contributed by atoms with van der Waals surface area (Å²) >= 11 is 0. The van der Waals surface area contributed by atoms with E-state index in [9.17, 15) is 4.79 Å². The number of nitrogens with zero attached hydrogens (tertiary/aromatic N) is 2. The molecule has 1 unspecified atom stereocenters. The number of amides is 1. The molecule has 26 heavy (non-hydrogen) atoms. The van der Waals surface area contributed by atoms with E-state index in [-0.39, 0.29) is 11.8 Å². The summed E-state index contributed by atoms with van der Waals surface area (Å²) in [6.45, 7) is 1.97. The Bertz CT molecular complexity index is 813. The van der Waals surface area contributed by atoms with Gasteiger partial charge in [0.05, 0.1) is 25.3 Å². The second-order valence-corrected chi connectivity index (χ2v) is 6.44. The minimum Gasteiger partial charge on any atom is -0.497 e. The third kappa shape index (κ3) is 4.34. The summed E-state index contributed by atoms with van der Waals surface area (Å²) in [6.07, 6.45) is 1.99. The van der Waals surface area contributed by atoms with E-state index in [2.05, 4.69) is 6.07 Å². The van der Waals surface area contributed by atoms with Gasteiger partial charge in [0.25, 0.3) is 5.91 Å². The van der Waals surface area contributed by atoms with E-state index in [1.165, 1.54) is 0 Å². The number of hydrogen-bond acceptors (Lipinski definition) is 4. The van der Waals surface area contributed by atoms with Crippen LogP contribution in [-0.4, -0.2) is 37.6 Å². The van der Waals surface area contributed by atoms with Crippen LogP contribution >= 0.6 is 0 Å². The number of carbonyl (C=O) groups excluding carboxylic acids is 1. The van der Waals surface area contributed by atoms with E-state index in [1.807, 2.05) is 29.2 Å². The average Bonchev–Trinajstić information content (AvgIpc) is 2.72. The van der Waals surface area contributed by atoms with Gasteiger partial charge in [0.15, 0.2) is 0 Å². The van der Waals surface area contributed by atoms with Crippen LogP contribution in [0.3, 0.4) is 0 Å². The zero-order valence-electron chi connectivity index (χ0n) is 14.9. The molecule has 0 saturated carbocycles. The molecule has 1 aliphatic heterocycles. The number of hydrogen-bond donors (Lipinski definition) is 0. The Hall–Kier alpha value is -3.00. The van der Waals surface area contributed by atoms with Crippen molar-refractivity contribution in [2.45, 2.75) is 12.8 Å². The number of likely N-dealkylation sites (tertiary alicyclic amines) is 1. The van der Waals surface area contributed by atoms with E-state index in [0.717, 1.165) is 30.9 Å². The molecular weight excluding hydrogens is 328 g/mol. The second kappa shape index (κ2) is 8.39. The van der Waals surface area contributed by atoms with Gasteiger partial charge in [0, 0.05) is 30.6 Å². The minimum absolute atomic E-state index is 0.0202. The number of carbonyl (C=O) groups is 1. The van der Waals surface area contributed by atoms with Crippen LogP contribution in [0.1, 0.15) is 28.8 Å². The molecule has 0 spiro atoms. The third-order valence-corrected chi connectivity index (χ3v) is 4.57. The van der Waals surface area contributed by atoms with Crippen molar-refractivity contribution < 1.29 is 14.3 Å². The van der Waals surface area contributed by atoms with Crippen LogP contribution in [0.4, 0.5) is 0 Å². The van der Waals surface area contributed by atoms with E-state index in [1.54, 1.807) is 31.4 Å². The van der Waals surface area contributed by atoms with Gasteiger partial charge in [-0.05, 0) is 43.2 Å². The highest BCUT2D eigenvalue weighted by Crippen LogP contribution is 2.23. The molecule has 1 saturated heterocycles. The number of rotatable bonds is 5. The van der Waals surface area contributed by atoms with Gasteiger partial charge < -0.3 is 14.4 Å². The van der Waals surface area contributed by atoms with Crippen LogP contribution in [-0.2, 0) is 0 Å². The van der Waals surface area contributed by atoms with Crippen LogP contribution < -0.4 is 9.47 Å². The lowest BCUT2D eigenvalue weighted by molar-refractivity contribution is 0.0633. The molecule has 0 N–H and O–H groups in total. The molecule has 2 aromatic carbocycles. The van der Waals surface area contributed by atoms with Crippen LogP contribution in [0.5, 0.6) is 11.5 Å². The lowest BCUT2D eigenvalue weighted by Crippen LogP contribution is -2.41. The van der Waals surface area contributed by atoms with Crippen LogP contribution in [0.25, 0.3) is 0 Å². The summed E-state index contributed by atoms with van der Waals surface area (Å²) < 4.78 is 11.1. The largest absolute Gasteiger partial charge is 0.497 e. The highest BCUT2D eigenvalue weighted by atomic mass is 16.5. The molecular formula is C21H22N2O3. The lowest BCUT2D eigenvalue weighted by Gasteiger charge is -2.32. The summed E-state index contributed by atoms with van der Waals surface area (Å²) in [6, 6.07) is 16.5. The van der Waals surface area contributed by atoms with Gasteiger partial charge in [-0.2, -0.15) is 5.26 Å². The SMILES string of the molecule is COc1cccc(OCC2CCCN(C(=O)c3cccc(C#N)c3)C2)c1. The molecule has 1 amide bonds. The first kappa shape index (κ1) is 17.8. The smallest absolute Gasteiger partial charge is 0.253 e. The molecule has 1 heterocycles. The lowest BCUT2D eigenvalue weighted by atomic mass is 9.98. The Morgan fingerprint density at radius 3 is 2.85 bits per heavy atom. The molecule has 0 bridgehead atoms. The van der Waals surface area contributed by atoms with Crippen molar-refractivity contribution >= 4 is 5.91 Å². The van der Waals surface area contributed by atoms with Crippen molar-refractivity contribution in [3.8, 4) is 17.6 Å². The molecule has 1 fully saturated rings. The van der Waals surface area contributed by atoms with Crippen molar-refractivity contribution in [1.82, 2.24) is 4.90 Å². The fourth-order valence-electron chi connectivity index (χ4n) is 3.19. The normalized spacial score (nSPS) is 16.6. The molecule has 0 aliphatic carbocycles. The maximum Gasteiger partial charge on any atom is 0.253 e. The molecule has 134 valence electrons. The fourth-order valence-corrected chi connectivity index (χ4v) is 3.19. The standard InChI is InChI=1S/C21H22N2O3/c1-25-19-8-3-9-20(12-19)26-15-17-6-4-10-23(14-17)21(24)18-7-2-5-16(11-18)13-22/h2-3,5,7-9,11-12,17H,4,6,10,14-15H2,1H3. The van der Waals surface area contributed by atoms with Gasteiger partial charge in [-0.25, -0.2) is 0 Å². The Balaban J connectivity index is 1.60. The quantitative estimate of drug-likeness (QED) is 0.828. The predicted molar refractivity (Wildman–Crippen MR) is 98.3 cm³/mol. The molecule has 0 aromatic heterocycles. The number of piperidine rings is 1. The van der Waals surface area contributed by atoms with Crippen LogP contribution in [0.2, 0.25) is 0 Å². The summed E-state index contributed by atoms with van der Waals surface area (Å²) in [5, 5.41) is 9.01. The highest BCUT2D eigenvalue weighted by Gasteiger charge is 2.25. The first-order valence-corrected chi connectivity index (χ1v) is 8.76. The van der Waals surface area contributed by atoms with Crippen molar-refractivity contribution in [1.29, 1.82) is 5.26 Å². The zero-order chi connectivity index (χ0) is 18.4. The highest BCUT2D eigenvalue weighted by molar-refractivity contribution is 5.94. The van der Waals surface area contributed by atoms with Gasteiger partial charge in [-0.1, -0.05) is 12.1 Å². The number of methoxy groups -OCH3 is 1. The predicted octanol–water partition coefficient (Wildman–Crippen LogP) is 3.50. The summed E-state index contributed by atoms with van der Waals surface area (Å²) in [5.41, 5.74) is 1.07. The first-order valence-electron chi connectivity index (χ1n) is 8.76. The topological polar surface area (TPSA) is 62.6 Å². The molecule has 1 atom stereocenters. The molecule has 3 rings (SSSR count). The molecule has 0 radical (unpaired) electrons. The second-order valence-electron chi connectivity index (χ2n) is 6.44. The van der Waals surface area contributed by atoms with Crippen molar-refractivity contribution in [2.75, 3.05) is 26.8 Å². The Labute approximate surface area is 153 Å². The van der Waals surface area contributed by atoms with Gasteiger partial charge >= 0.3 is 0 Å². The van der Waals surface area contributed by atoms with E-state index < -0.39 is 0 Å². The third-order valence-electron chi connectivity index (χ3n) is 4.57. The molecule has 5 nitrogen and oxygen atoms in total. The van der Waals surface area contributed by atoms with Gasteiger partial charge in [-0.3, -0.25) is 4.79 Å². The Kier molecular flexibility index (Phi) is 5.75. The summed E-state index contributed by atoms with van der Waals surface area (Å²) in [5.74, 6) is 1.81. The van der Waals surface area contributed by atoms with E-state index >= 15 is 0 Å². The number of ether oxygens (including phenoxy) is 2. The molecule has 1 aliphatic rings. The maximum absolute atomic E-state index is 12.7. The van der Waals surface area contributed by atoms with Crippen LogP contribution in [0.15, 0.2) is 48.5 Å². The number of benzene rings is 2. The van der Waals surface area contributed by atoms with Crippen molar-refractivity contribution in [3.05, 3.63) is 59.7 Å². The van der Waals surface area contributed by atoms with Crippen molar-refractivity contribution in [3.63, 3.8) is 0 Å².